The minimum absolute atomic E-state index is 0.0307. The third-order valence-corrected chi connectivity index (χ3v) is 6.31. The molecule has 2 aromatic carbocycles. The molecule has 0 amide bonds. The van der Waals surface area contributed by atoms with Gasteiger partial charge in [0.2, 0.25) is 0 Å². The van der Waals surface area contributed by atoms with E-state index < -0.39 is 11.9 Å². The average molecular weight is 491 g/mol. The minimum Gasteiger partial charge on any atom is -0.493 e. The highest BCUT2D eigenvalue weighted by molar-refractivity contribution is 5.91. The van der Waals surface area contributed by atoms with Gasteiger partial charge in [0.05, 0.1) is 23.8 Å². The summed E-state index contributed by atoms with van der Waals surface area (Å²) in [6, 6.07) is 12.3. The Bertz CT molecular complexity index is 1460. The van der Waals surface area contributed by atoms with Crippen molar-refractivity contribution in [1.29, 1.82) is 0 Å². The predicted octanol–water partition coefficient (Wildman–Crippen LogP) is 4.04. The molecule has 0 unspecified atom stereocenters. The summed E-state index contributed by atoms with van der Waals surface area (Å²) in [6.45, 7) is 9.83. The Balaban J connectivity index is 1.72. The summed E-state index contributed by atoms with van der Waals surface area (Å²) in [5, 5.41) is 10.8. The van der Waals surface area contributed by atoms with Gasteiger partial charge in [0, 0.05) is 17.3 Å². The van der Waals surface area contributed by atoms with Gasteiger partial charge >= 0.3 is 5.97 Å². The maximum atomic E-state index is 12.8. The number of hydrogen-bond acceptors (Lipinski definition) is 5. The molecule has 36 heavy (non-hydrogen) atoms. The van der Waals surface area contributed by atoms with Crippen molar-refractivity contribution in [3.8, 4) is 11.5 Å². The number of nitrogens with one attached hydrogen (secondary N) is 4. The first kappa shape index (κ1) is 24.8. The highest BCUT2D eigenvalue weighted by Crippen LogP contribution is 2.37. The van der Waals surface area contributed by atoms with Crippen molar-refractivity contribution in [2.75, 3.05) is 7.11 Å². The molecule has 4 rings (SSSR count). The number of aromatic amines is 4. The minimum atomic E-state index is -0.682. The van der Waals surface area contributed by atoms with E-state index in [2.05, 4.69) is 41.2 Å². The van der Waals surface area contributed by atoms with Crippen LogP contribution in [-0.2, 0) is 5.41 Å². The smallest absolute Gasteiger partial charge is 0.343 e. The van der Waals surface area contributed by atoms with Crippen LogP contribution in [0.15, 0.2) is 52.1 Å². The van der Waals surface area contributed by atoms with Crippen LogP contribution in [0.5, 0.6) is 11.5 Å². The number of rotatable bonds is 6. The van der Waals surface area contributed by atoms with Gasteiger partial charge < -0.3 is 19.7 Å². The van der Waals surface area contributed by atoms with E-state index in [9.17, 15) is 14.4 Å². The van der Waals surface area contributed by atoms with Gasteiger partial charge in [-0.2, -0.15) is 0 Å². The Morgan fingerprint density at radius 2 is 1.36 bits per heavy atom. The fraction of sp³-hybridized carbons (Fsp3) is 0.296. The summed E-state index contributed by atoms with van der Waals surface area (Å²) in [6.07, 6.45) is 0. The van der Waals surface area contributed by atoms with E-state index in [4.69, 9.17) is 9.47 Å². The first-order valence-electron chi connectivity index (χ1n) is 11.6. The molecule has 0 aliphatic carbocycles. The van der Waals surface area contributed by atoms with Crippen LogP contribution >= 0.6 is 0 Å². The Labute approximate surface area is 207 Å². The number of esters is 1. The fourth-order valence-electron chi connectivity index (χ4n) is 4.30. The van der Waals surface area contributed by atoms with E-state index in [0.717, 1.165) is 5.56 Å². The van der Waals surface area contributed by atoms with Crippen molar-refractivity contribution in [1.82, 2.24) is 20.4 Å². The zero-order chi connectivity index (χ0) is 26.2. The van der Waals surface area contributed by atoms with Crippen LogP contribution < -0.4 is 20.6 Å². The lowest BCUT2D eigenvalue weighted by atomic mass is 9.85. The van der Waals surface area contributed by atoms with Gasteiger partial charge in [0.1, 0.15) is 0 Å². The molecule has 0 aliphatic heterocycles. The number of H-pyrrole nitrogens is 4. The van der Waals surface area contributed by atoms with E-state index in [-0.39, 0.29) is 22.3 Å². The maximum absolute atomic E-state index is 12.8. The largest absolute Gasteiger partial charge is 0.493 e. The summed E-state index contributed by atoms with van der Waals surface area (Å²) in [5.74, 6) is -0.678. The summed E-state index contributed by atoms with van der Waals surface area (Å²) in [5.41, 5.74) is 3.50. The summed E-state index contributed by atoms with van der Waals surface area (Å²) >= 11 is 0. The molecule has 188 valence electrons. The second-order valence-electron chi connectivity index (χ2n) is 9.80. The molecule has 0 saturated carbocycles. The quantitative estimate of drug-likeness (QED) is 0.239. The average Bonchev–Trinajstić information content (AvgIpc) is 3.35. The molecule has 0 fully saturated rings. The predicted molar refractivity (Wildman–Crippen MR) is 136 cm³/mol. The highest BCUT2D eigenvalue weighted by atomic mass is 16.6. The van der Waals surface area contributed by atoms with Crippen LogP contribution in [0.2, 0.25) is 0 Å². The third kappa shape index (κ3) is 4.64. The molecule has 0 aliphatic rings. The van der Waals surface area contributed by atoms with Crippen LogP contribution in [-0.4, -0.2) is 33.5 Å². The number of methoxy groups -OCH3 is 1. The van der Waals surface area contributed by atoms with Crippen molar-refractivity contribution < 1.29 is 14.3 Å². The first-order chi connectivity index (χ1) is 17.0. The van der Waals surface area contributed by atoms with Gasteiger partial charge in [-0.1, -0.05) is 39.0 Å². The third-order valence-electron chi connectivity index (χ3n) is 6.31. The normalized spacial score (nSPS) is 11.6. The molecule has 0 atom stereocenters. The van der Waals surface area contributed by atoms with E-state index in [1.54, 1.807) is 44.2 Å². The van der Waals surface area contributed by atoms with Crippen molar-refractivity contribution in [2.24, 2.45) is 0 Å². The highest BCUT2D eigenvalue weighted by Gasteiger charge is 2.29. The molecule has 9 heteroatoms. The zero-order valence-corrected chi connectivity index (χ0v) is 21.2. The second kappa shape index (κ2) is 9.41. The molecular weight excluding hydrogens is 460 g/mol. The number of carbonyl (C=O) groups is 1. The van der Waals surface area contributed by atoms with E-state index >= 15 is 0 Å². The molecule has 4 aromatic rings. The number of aryl methyl sites for hydroxylation is 2. The van der Waals surface area contributed by atoms with Gasteiger partial charge in [-0.3, -0.25) is 19.8 Å². The van der Waals surface area contributed by atoms with Gasteiger partial charge in [0.25, 0.3) is 11.1 Å². The number of hydrogen-bond donors (Lipinski definition) is 4. The van der Waals surface area contributed by atoms with Crippen molar-refractivity contribution in [2.45, 2.75) is 46.0 Å². The lowest BCUT2D eigenvalue weighted by Gasteiger charge is -2.19. The molecule has 2 aromatic heterocycles. The summed E-state index contributed by atoms with van der Waals surface area (Å²) < 4.78 is 11.2. The fourth-order valence-corrected chi connectivity index (χ4v) is 4.30. The summed E-state index contributed by atoms with van der Waals surface area (Å²) in [4.78, 5) is 38.2. The zero-order valence-electron chi connectivity index (χ0n) is 21.2. The molecule has 9 nitrogen and oxygen atoms in total. The van der Waals surface area contributed by atoms with Crippen LogP contribution in [0, 0.1) is 13.8 Å². The Morgan fingerprint density at radius 1 is 0.806 bits per heavy atom. The number of benzene rings is 2. The van der Waals surface area contributed by atoms with Crippen molar-refractivity contribution >= 4 is 5.97 Å². The van der Waals surface area contributed by atoms with Gasteiger partial charge in [-0.25, -0.2) is 4.79 Å². The topological polar surface area (TPSA) is 133 Å². The second-order valence-corrected chi connectivity index (χ2v) is 9.80. The van der Waals surface area contributed by atoms with Crippen LogP contribution in [0.4, 0.5) is 0 Å². The monoisotopic (exact) mass is 490 g/mol. The molecule has 0 radical (unpaired) electrons. The maximum Gasteiger partial charge on any atom is 0.343 e. The van der Waals surface area contributed by atoms with Gasteiger partial charge in [-0.15, -0.1) is 0 Å². The standard InChI is InChI=1S/C27H30N4O5/c1-14-21(24(32)30-28-14)23(22-15(2)29-31-25(22)33)17-9-12-19(20(13-17)35-6)36-26(34)16-7-10-18(11-8-16)27(3,4)5/h7-13,23H,1-6H3,(H2,28,30,32)(H2,29,31,33). The molecule has 4 N–H and O–H groups in total. The van der Waals surface area contributed by atoms with Crippen LogP contribution in [0.1, 0.15) is 70.7 Å². The molecule has 2 heterocycles. The van der Waals surface area contributed by atoms with Gasteiger partial charge in [0.15, 0.2) is 11.5 Å². The Morgan fingerprint density at radius 3 is 1.81 bits per heavy atom. The molecule has 0 spiro atoms. The molecule has 0 saturated heterocycles. The Hall–Kier alpha value is -4.27. The molecule has 0 bridgehead atoms. The lowest BCUT2D eigenvalue weighted by molar-refractivity contribution is 0.0729. The summed E-state index contributed by atoms with van der Waals surface area (Å²) in [7, 11) is 1.46. The van der Waals surface area contributed by atoms with Gasteiger partial charge in [-0.05, 0) is 54.7 Å². The van der Waals surface area contributed by atoms with Crippen LogP contribution in [0.3, 0.4) is 0 Å². The SMILES string of the molecule is COc1cc(C(c2c(C)[nH][nH]c2=O)c2c(C)[nH][nH]c2=O)ccc1OC(=O)c1ccc(C(C)(C)C)cc1. The van der Waals surface area contributed by atoms with E-state index in [1.807, 2.05) is 12.1 Å². The lowest BCUT2D eigenvalue weighted by Crippen LogP contribution is -2.20. The van der Waals surface area contributed by atoms with E-state index in [1.165, 1.54) is 7.11 Å². The number of ether oxygens (including phenoxy) is 2. The number of aromatic nitrogens is 4. The van der Waals surface area contributed by atoms with E-state index in [0.29, 0.717) is 39.4 Å². The van der Waals surface area contributed by atoms with Crippen molar-refractivity contribution in [3.05, 3.63) is 102 Å². The van der Waals surface area contributed by atoms with Crippen molar-refractivity contribution in [3.63, 3.8) is 0 Å². The number of carbonyl (C=O) groups excluding carboxylic acids is 1. The van der Waals surface area contributed by atoms with Crippen LogP contribution in [0.25, 0.3) is 0 Å². The Kier molecular flexibility index (Phi) is 6.49. The molecular formula is C27H30N4O5. The first-order valence-corrected chi connectivity index (χ1v) is 11.6.